The van der Waals surface area contributed by atoms with E-state index in [0.29, 0.717) is 0 Å². The number of rotatable bonds is 17. The molecule has 1 aromatic heterocycles. The quantitative estimate of drug-likeness (QED) is 0.225. The molecule has 2 nitrogen and oxygen atoms in total. The van der Waals surface area contributed by atoms with Gasteiger partial charge in [-0.25, -0.2) is 0 Å². The van der Waals surface area contributed by atoms with Gasteiger partial charge in [-0.05, 0) is 6.42 Å². The second-order valence-corrected chi connectivity index (χ2v) is 7.53. The van der Waals surface area contributed by atoms with Gasteiger partial charge in [0.15, 0.2) is 13.2 Å². The van der Waals surface area contributed by atoms with Crippen molar-refractivity contribution in [2.24, 2.45) is 7.05 Å². The highest BCUT2D eigenvalue weighted by Gasteiger charge is 2.00. The van der Waals surface area contributed by atoms with Crippen molar-refractivity contribution in [3.05, 3.63) is 18.5 Å². The monoisotopic (exact) mass is 335 g/mol. The molecule has 0 spiro atoms. The van der Waals surface area contributed by atoms with Crippen molar-refractivity contribution < 1.29 is 4.68 Å². The van der Waals surface area contributed by atoms with E-state index in [1.807, 2.05) is 0 Å². The number of unbranched alkanes of at least 4 members (excludes halogenated alkanes) is 15. The first kappa shape index (κ1) is 21.3. The molecule has 0 saturated heterocycles. The summed E-state index contributed by atoms with van der Waals surface area (Å²) >= 11 is 0. The molecule has 0 aliphatic heterocycles. The van der Waals surface area contributed by atoms with E-state index < -0.39 is 0 Å². The summed E-state index contributed by atoms with van der Waals surface area (Å²) in [4.78, 5) is 0. The molecule has 0 N–H and O–H groups in total. The van der Waals surface area contributed by atoms with Crippen molar-refractivity contribution in [3.8, 4) is 0 Å². The molecule has 0 saturated carbocycles. The molecule has 0 fully saturated rings. The molecule has 0 bridgehead atoms. The summed E-state index contributed by atoms with van der Waals surface area (Å²) in [5, 5.41) is 0. The number of hydrogen-bond acceptors (Lipinski definition) is 0. The SMILES string of the molecule is CCCCCCCCCCCCCCCCCCn1ccc[n+]1C. The van der Waals surface area contributed by atoms with Crippen LogP contribution in [-0.4, -0.2) is 4.68 Å². The summed E-state index contributed by atoms with van der Waals surface area (Å²) in [6, 6.07) is 2.12. The molecule has 1 rings (SSSR count). The maximum absolute atomic E-state index is 2.30. The van der Waals surface area contributed by atoms with Crippen LogP contribution in [0.1, 0.15) is 110 Å². The van der Waals surface area contributed by atoms with E-state index in [0.717, 1.165) is 0 Å². The topological polar surface area (TPSA) is 8.81 Å². The predicted molar refractivity (Wildman–Crippen MR) is 105 cm³/mol. The Kier molecular flexibility index (Phi) is 13.9. The van der Waals surface area contributed by atoms with E-state index in [4.69, 9.17) is 0 Å². The van der Waals surface area contributed by atoms with Crippen LogP contribution in [-0.2, 0) is 13.6 Å². The molecule has 1 aromatic rings. The summed E-state index contributed by atoms with van der Waals surface area (Å²) in [5.74, 6) is 0. The Hall–Kier alpha value is -0.790. The van der Waals surface area contributed by atoms with Gasteiger partial charge in [0.25, 0.3) is 0 Å². The Labute approximate surface area is 151 Å². The molecular formula is C22H43N2+. The van der Waals surface area contributed by atoms with E-state index in [-0.39, 0.29) is 0 Å². The lowest BCUT2D eigenvalue weighted by Crippen LogP contribution is -2.37. The molecule has 140 valence electrons. The zero-order valence-corrected chi connectivity index (χ0v) is 16.6. The van der Waals surface area contributed by atoms with Crippen molar-refractivity contribution in [1.29, 1.82) is 0 Å². The molecule has 0 aliphatic carbocycles. The van der Waals surface area contributed by atoms with Crippen LogP contribution < -0.4 is 4.68 Å². The minimum absolute atomic E-state index is 1.17. The van der Waals surface area contributed by atoms with Crippen molar-refractivity contribution in [2.75, 3.05) is 0 Å². The molecule has 0 radical (unpaired) electrons. The zero-order chi connectivity index (χ0) is 17.3. The highest BCUT2D eigenvalue weighted by atomic mass is 15.4. The standard InChI is InChI=1S/C22H43N2/c1-3-4-5-6-7-8-9-10-11-12-13-14-15-16-17-18-21-24-22-19-20-23(24)2/h19-20,22H,3-18,21H2,1-2H3/q+1. The van der Waals surface area contributed by atoms with Gasteiger partial charge < -0.3 is 0 Å². The molecule has 0 atom stereocenters. The first-order valence-electron chi connectivity index (χ1n) is 10.9. The predicted octanol–water partition coefficient (Wildman–Crippen LogP) is 6.57. The maximum atomic E-state index is 2.30. The van der Waals surface area contributed by atoms with Gasteiger partial charge in [0.1, 0.15) is 0 Å². The van der Waals surface area contributed by atoms with Crippen molar-refractivity contribution in [3.63, 3.8) is 0 Å². The van der Waals surface area contributed by atoms with Crippen molar-refractivity contribution in [1.82, 2.24) is 4.68 Å². The largest absolute Gasteiger partial charge is 0.195 e. The van der Waals surface area contributed by atoms with E-state index >= 15 is 0 Å². The normalized spacial score (nSPS) is 11.2. The molecule has 0 aliphatic rings. The van der Waals surface area contributed by atoms with Crippen LogP contribution >= 0.6 is 0 Å². The lowest BCUT2D eigenvalue weighted by atomic mass is 10.0. The molecular weight excluding hydrogens is 292 g/mol. The van der Waals surface area contributed by atoms with Gasteiger partial charge in [-0.15, -0.1) is 4.68 Å². The van der Waals surface area contributed by atoms with Crippen molar-refractivity contribution >= 4 is 0 Å². The van der Waals surface area contributed by atoms with E-state index in [1.165, 1.54) is 109 Å². The summed E-state index contributed by atoms with van der Waals surface area (Å²) < 4.78 is 4.47. The minimum atomic E-state index is 1.17. The van der Waals surface area contributed by atoms with Gasteiger partial charge in [-0.2, -0.15) is 4.68 Å². The van der Waals surface area contributed by atoms with Crippen LogP contribution in [0.3, 0.4) is 0 Å². The highest BCUT2D eigenvalue weighted by molar-refractivity contribution is 4.71. The molecule has 24 heavy (non-hydrogen) atoms. The molecule has 1 heterocycles. The second kappa shape index (κ2) is 15.7. The first-order chi connectivity index (χ1) is 11.8. The second-order valence-electron chi connectivity index (χ2n) is 7.53. The zero-order valence-electron chi connectivity index (χ0n) is 16.6. The minimum Gasteiger partial charge on any atom is -0.161 e. The summed E-state index contributed by atoms with van der Waals surface area (Å²) in [6.45, 7) is 3.46. The third-order valence-corrected chi connectivity index (χ3v) is 5.21. The average Bonchev–Trinajstić information content (AvgIpc) is 2.99. The fraction of sp³-hybridized carbons (Fsp3) is 0.864. The molecule has 2 heteroatoms. The third-order valence-electron chi connectivity index (χ3n) is 5.21. The Bertz CT molecular complexity index is 370. The number of aromatic nitrogens is 2. The van der Waals surface area contributed by atoms with E-state index in [9.17, 15) is 0 Å². The number of nitrogens with zero attached hydrogens (tertiary/aromatic N) is 2. The van der Waals surface area contributed by atoms with Gasteiger partial charge in [0.05, 0.1) is 12.7 Å². The lowest BCUT2D eigenvalue weighted by Gasteiger charge is -2.04. The Morgan fingerprint density at radius 3 is 1.42 bits per heavy atom. The lowest BCUT2D eigenvalue weighted by molar-refractivity contribution is -0.753. The molecule has 0 aromatic carbocycles. The number of hydrogen-bond donors (Lipinski definition) is 0. The van der Waals surface area contributed by atoms with Crippen LogP contribution in [0.15, 0.2) is 18.5 Å². The van der Waals surface area contributed by atoms with E-state index in [1.54, 1.807) is 0 Å². The Balaban J connectivity index is 1.71. The van der Waals surface area contributed by atoms with Crippen molar-refractivity contribution in [2.45, 2.75) is 116 Å². The van der Waals surface area contributed by atoms with Crippen LogP contribution in [0.2, 0.25) is 0 Å². The molecule has 0 amide bonds. The fourth-order valence-electron chi connectivity index (χ4n) is 3.51. The van der Waals surface area contributed by atoms with Gasteiger partial charge in [-0.3, -0.25) is 0 Å². The highest BCUT2D eigenvalue weighted by Crippen LogP contribution is 2.13. The Morgan fingerprint density at radius 2 is 1.04 bits per heavy atom. The summed E-state index contributed by atoms with van der Waals surface area (Å²) in [7, 11) is 2.12. The van der Waals surface area contributed by atoms with E-state index in [2.05, 4.69) is 41.8 Å². The number of aryl methyl sites for hydroxylation is 2. The van der Waals surface area contributed by atoms with Crippen LogP contribution in [0.5, 0.6) is 0 Å². The summed E-state index contributed by atoms with van der Waals surface area (Å²) in [5.41, 5.74) is 0. The molecule has 0 unspecified atom stereocenters. The van der Waals surface area contributed by atoms with Gasteiger partial charge in [0, 0.05) is 6.07 Å². The van der Waals surface area contributed by atoms with Crippen LogP contribution in [0.4, 0.5) is 0 Å². The maximum Gasteiger partial charge on any atom is 0.195 e. The third kappa shape index (κ3) is 11.7. The van der Waals surface area contributed by atoms with Gasteiger partial charge >= 0.3 is 0 Å². The van der Waals surface area contributed by atoms with Crippen LogP contribution in [0, 0.1) is 0 Å². The smallest absolute Gasteiger partial charge is 0.161 e. The van der Waals surface area contributed by atoms with Crippen LogP contribution in [0.25, 0.3) is 0 Å². The first-order valence-corrected chi connectivity index (χ1v) is 10.9. The Morgan fingerprint density at radius 1 is 0.625 bits per heavy atom. The summed E-state index contributed by atoms with van der Waals surface area (Å²) in [6.07, 6.45) is 27.3. The van der Waals surface area contributed by atoms with Gasteiger partial charge in [-0.1, -0.05) is 103 Å². The average molecular weight is 336 g/mol. The van der Waals surface area contributed by atoms with Gasteiger partial charge in [0.2, 0.25) is 0 Å². The fourth-order valence-corrected chi connectivity index (χ4v) is 3.51.